The van der Waals surface area contributed by atoms with Crippen LogP contribution in [0.25, 0.3) is 10.6 Å². The maximum Gasteiger partial charge on any atom is 0.267 e. The molecule has 26 heavy (non-hydrogen) atoms. The molecular formula is C18H15Cl2N3O2S. The van der Waals surface area contributed by atoms with Crippen LogP contribution in [0.2, 0.25) is 10.0 Å². The summed E-state index contributed by atoms with van der Waals surface area (Å²) in [6, 6.07) is 11.4. The van der Waals surface area contributed by atoms with E-state index in [4.69, 9.17) is 23.2 Å². The first-order valence-electron chi connectivity index (χ1n) is 7.82. The molecule has 0 saturated heterocycles. The normalized spacial score (nSPS) is 12.0. The van der Waals surface area contributed by atoms with E-state index in [1.807, 2.05) is 24.4 Å². The van der Waals surface area contributed by atoms with Crippen LogP contribution in [-0.2, 0) is 0 Å². The minimum atomic E-state index is -0.319. The summed E-state index contributed by atoms with van der Waals surface area (Å²) in [5, 5.41) is 9.92. The number of hydrogen-bond donors (Lipinski definition) is 1. The second kappa shape index (κ2) is 8.03. The van der Waals surface area contributed by atoms with Gasteiger partial charge in [0, 0.05) is 28.2 Å². The van der Waals surface area contributed by atoms with Gasteiger partial charge in [-0.15, -0.1) is 11.3 Å². The van der Waals surface area contributed by atoms with Gasteiger partial charge >= 0.3 is 0 Å². The monoisotopic (exact) mass is 407 g/mol. The number of nitrogens with zero attached hydrogens (tertiary/aromatic N) is 2. The van der Waals surface area contributed by atoms with Crippen molar-refractivity contribution in [2.24, 2.45) is 0 Å². The second-order valence-corrected chi connectivity index (χ2v) is 7.52. The molecule has 2 aromatic heterocycles. The topological polar surface area (TPSA) is 64.0 Å². The summed E-state index contributed by atoms with van der Waals surface area (Å²) in [5.74, 6) is -0.316. The maximum atomic E-state index is 12.3. The molecule has 5 nitrogen and oxygen atoms in total. The first kappa shape index (κ1) is 18.6. The average molecular weight is 408 g/mol. The van der Waals surface area contributed by atoms with E-state index in [1.54, 1.807) is 23.5 Å². The van der Waals surface area contributed by atoms with Crippen molar-refractivity contribution < 1.29 is 4.79 Å². The Labute approximate surface area is 164 Å². The van der Waals surface area contributed by atoms with Crippen LogP contribution in [0.1, 0.15) is 23.3 Å². The number of halogens is 2. The molecule has 0 bridgehead atoms. The zero-order chi connectivity index (χ0) is 18.7. The summed E-state index contributed by atoms with van der Waals surface area (Å²) in [6.07, 6.45) is 0. The molecule has 1 unspecified atom stereocenters. The molecule has 134 valence electrons. The summed E-state index contributed by atoms with van der Waals surface area (Å²) in [4.78, 5) is 25.4. The smallest absolute Gasteiger partial charge is 0.267 e. The molecule has 0 aliphatic rings. The highest BCUT2D eigenvalue weighted by molar-refractivity contribution is 7.13. The van der Waals surface area contributed by atoms with Crippen molar-refractivity contribution in [1.29, 1.82) is 0 Å². The third kappa shape index (κ3) is 4.33. The molecule has 0 aliphatic carbocycles. The van der Waals surface area contributed by atoms with Crippen LogP contribution in [0.5, 0.6) is 0 Å². The lowest BCUT2D eigenvalue weighted by Crippen LogP contribution is -2.34. The van der Waals surface area contributed by atoms with Gasteiger partial charge in [-0.05, 0) is 42.6 Å². The lowest BCUT2D eigenvalue weighted by Gasteiger charge is -2.15. The van der Waals surface area contributed by atoms with Gasteiger partial charge in [0.1, 0.15) is 5.69 Å². The molecule has 1 N–H and O–H groups in total. The van der Waals surface area contributed by atoms with Gasteiger partial charge in [0.25, 0.3) is 11.5 Å². The van der Waals surface area contributed by atoms with Gasteiger partial charge in [0.15, 0.2) is 0 Å². The number of rotatable bonds is 5. The van der Waals surface area contributed by atoms with Gasteiger partial charge in [-0.25, -0.2) is 4.68 Å². The quantitative estimate of drug-likeness (QED) is 0.686. The van der Waals surface area contributed by atoms with E-state index in [0.29, 0.717) is 15.6 Å². The molecule has 8 heteroatoms. The Morgan fingerprint density at radius 3 is 2.62 bits per heavy atom. The molecule has 0 radical (unpaired) electrons. The van der Waals surface area contributed by atoms with Crippen molar-refractivity contribution in [2.45, 2.75) is 13.0 Å². The van der Waals surface area contributed by atoms with Crippen LogP contribution in [0.3, 0.4) is 0 Å². The summed E-state index contributed by atoms with van der Waals surface area (Å²) in [5.41, 5.74) is 0.861. The molecule has 0 saturated carbocycles. The number of carbonyl (C=O) groups is 1. The van der Waals surface area contributed by atoms with Crippen molar-refractivity contribution >= 4 is 40.4 Å². The van der Waals surface area contributed by atoms with Crippen molar-refractivity contribution in [3.05, 3.63) is 73.8 Å². The zero-order valence-electron chi connectivity index (χ0n) is 13.8. The van der Waals surface area contributed by atoms with Crippen LogP contribution in [0.15, 0.2) is 52.6 Å². The van der Waals surface area contributed by atoms with E-state index in [2.05, 4.69) is 10.4 Å². The van der Waals surface area contributed by atoms with E-state index in [-0.39, 0.29) is 24.1 Å². The van der Waals surface area contributed by atoms with Crippen LogP contribution in [-0.4, -0.2) is 22.2 Å². The molecule has 0 fully saturated rings. The molecule has 3 rings (SSSR count). The number of aromatic nitrogens is 2. The third-order valence-corrected chi connectivity index (χ3v) is 5.03. The first-order valence-corrected chi connectivity index (χ1v) is 9.45. The minimum Gasteiger partial charge on any atom is -0.350 e. The number of hydrogen-bond acceptors (Lipinski definition) is 4. The van der Waals surface area contributed by atoms with Crippen LogP contribution in [0.4, 0.5) is 0 Å². The predicted molar refractivity (Wildman–Crippen MR) is 105 cm³/mol. The second-order valence-electron chi connectivity index (χ2n) is 5.70. The lowest BCUT2D eigenvalue weighted by molar-refractivity contribution is 0.0947. The van der Waals surface area contributed by atoms with Gasteiger partial charge in [-0.2, -0.15) is 5.10 Å². The SMILES string of the molecule is CC(CNC(=O)c1cc(Cl)cc(Cl)c1)n1nc(-c2cccs2)ccc1=O. The van der Waals surface area contributed by atoms with Gasteiger partial charge < -0.3 is 5.32 Å². The molecule has 1 aromatic carbocycles. The highest BCUT2D eigenvalue weighted by Crippen LogP contribution is 2.22. The first-order chi connectivity index (χ1) is 12.4. The van der Waals surface area contributed by atoms with Crippen molar-refractivity contribution in [3.63, 3.8) is 0 Å². The Morgan fingerprint density at radius 2 is 1.96 bits per heavy atom. The van der Waals surface area contributed by atoms with E-state index in [0.717, 1.165) is 10.6 Å². The van der Waals surface area contributed by atoms with Gasteiger partial charge in [-0.3, -0.25) is 9.59 Å². The number of amides is 1. The molecular weight excluding hydrogens is 393 g/mol. The van der Waals surface area contributed by atoms with E-state index < -0.39 is 0 Å². The fraction of sp³-hybridized carbons (Fsp3) is 0.167. The van der Waals surface area contributed by atoms with Crippen molar-refractivity contribution in [1.82, 2.24) is 15.1 Å². The largest absolute Gasteiger partial charge is 0.350 e. The number of thiophene rings is 1. The molecule has 0 aliphatic heterocycles. The van der Waals surface area contributed by atoms with Crippen molar-refractivity contribution in [3.8, 4) is 10.6 Å². The minimum absolute atomic E-state index is 0.224. The van der Waals surface area contributed by atoms with Gasteiger partial charge in [0.2, 0.25) is 0 Å². The predicted octanol–water partition coefficient (Wildman–Crippen LogP) is 4.27. The molecule has 2 heterocycles. The molecule has 3 aromatic rings. The number of benzene rings is 1. The summed E-state index contributed by atoms with van der Waals surface area (Å²) in [6.45, 7) is 2.06. The molecule has 1 amide bonds. The summed E-state index contributed by atoms with van der Waals surface area (Å²) >= 11 is 13.4. The van der Waals surface area contributed by atoms with Gasteiger partial charge in [-0.1, -0.05) is 29.3 Å². The van der Waals surface area contributed by atoms with Crippen LogP contribution >= 0.6 is 34.5 Å². The summed E-state index contributed by atoms with van der Waals surface area (Å²) < 4.78 is 1.38. The maximum absolute atomic E-state index is 12.3. The Bertz CT molecular complexity index is 966. The van der Waals surface area contributed by atoms with Crippen LogP contribution in [0, 0.1) is 0 Å². The fourth-order valence-electron chi connectivity index (χ4n) is 2.41. The van der Waals surface area contributed by atoms with E-state index in [9.17, 15) is 9.59 Å². The Hall–Kier alpha value is -2.15. The Morgan fingerprint density at radius 1 is 1.23 bits per heavy atom. The van der Waals surface area contributed by atoms with Gasteiger partial charge in [0.05, 0.1) is 10.9 Å². The molecule has 0 spiro atoms. The lowest BCUT2D eigenvalue weighted by atomic mass is 10.2. The van der Waals surface area contributed by atoms with Crippen molar-refractivity contribution in [2.75, 3.05) is 6.54 Å². The molecule has 1 atom stereocenters. The highest BCUT2D eigenvalue weighted by Gasteiger charge is 2.13. The Balaban J connectivity index is 1.74. The standard InChI is InChI=1S/C18H15Cl2N3O2S/c1-11(10-21-18(25)12-7-13(19)9-14(20)8-12)23-17(24)5-4-15(22-23)16-3-2-6-26-16/h2-9,11H,10H2,1H3,(H,21,25). The van der Waals surface area contributed by atoms with Crippen LogP contribution < -0.4 is 10.9 Å². The zero-order valence-corrected chi connectivity index (χ0v) is 16.1. The van der Waals surface area contributed by atoms with E-state index >= 15 is 0 Å². The summed E-state index contributed by atoms with van der Waals surface area (Å²) in [7, 11) is 0. The average Bonchev–Trinajstić information content (AvgIpc) is 3.13. The number of nitrogens with one attached hydrogen (secondary N) is 1. The highest BCUT2D eigenvalue weighted by atomic mass is 35.5. The fourth-order valence-corrected chi connectivity index (χ4v) is 3.63. The Kier molecular flexibility index (Phi) is 5.76. The number of carbonyl (C=O) groups excluding carboxylic acids is 1. The third-order valence-electron chi connectivity index (χ3n) is 3.70. The van der Waals surface area contributed by atoms with E-state index in [1.165, 1.54) is 22.9 Å².